The van der Waals surface area contributed by atoms with Crippen LogP contribution in [0.15, 0.2) is 56.2 Å². The zero-order valence-electron chi connectivity index (χ0n) is 13.5. The maximum atomic E-state index is 12.3. The minimum atomic E-state index is -0.0926. The number of hydrogen-bond acceptors (Lipinski definition) is 3. The molecule has 4 nitrogen and oxygen atoms in total. The number of nitrogens with zero attached hydrogens (tertiary/aromatic N) is 1. The molecule has 1 amide bonds. The van der Waals surface area contributed by atoms with Gasteiger partial charge >= 0.3 is 0 Å². The summed E-state index contributed by atoms with van der Waals surface area (Å²) in [6.45, 7) is 13.8. The lowest BCUT2D eigenvalue weighted by Gasteiger charge is -2.34. The first-order chi connectivity index (χ1) is 11.2. The highest BCUT2D eigenvalue weighted by Crippen LogP contribution is 2.29. The molecule has 0 aromatic heterocycles. The molecule has 122 valence electrons. The highest BCUT2D eigenvalue weighted by atomic mass is 16.5. The van der Waals surface area contributed by atoms with Crippen LogP contribution < -0.4 is 10.1 Å². The maximum absolute atomic E-state index is 12.3. The molecule has 1 N–H and O–H groups in total. The molecule has 0 saturated carbocycles. The number of ether oxygens (including phenoxy) is 1. The molecule has 1 aromatic rings. The Bertz CT molecular complexity index is 585. The number of nitrogens with one attached hydrogen (secondary N) is 1. The number of carbonyl (C=O) groups is 1. The molecule has 1 aliphatic heterocycles. The van der Waals surface area contributed by atoms with Crippen LogP contribution in [0.2, 0.25) is 0 Å². The first-order valence-electron chi connectivity index (χ1n) is 7.80. The minimum absolute atomic E-state index is 0.0926. The monoisotopic (exact) mass is 312 g/mol. The van der Waals surface area contributed by atoms with Gasteiger partial charge in [0.05, 0.1) is 0 Å². The van der Waals surface area contributed by atoms with Crippen LogP contribution in [0, 0.1) is 0 Å². The Morgan fingerprint density at radius 3 is 2.65 bits per heavy atom. The minimum Gasteiger partial charge on any atom is -0.492 e. The van der Waals surface area contributed by atoms with Gasteiger partial charge in [0.15, 0.2) is 0 Å². The molecule has 2 rings (SSSR count). The molecule has 0 bridgehead atoms. The molecule has 0 radical (unpaired) electrons. The van der Waals surface area contributed by atoms with Crippen LogP contribution in [-0.2, 0) is 6.42 Å². The van der Waals surface area contributed by atoms with E-state index in [9.17, 15) is 4.79 Å². The molecule has 4 heteroatoms. The third kappa shape index (κ3) is 4.11. The van der Waals surface area contributed by atoms with Gasteiger partial charge in [-0.05, 0) is 18.6 Å². The van der Waals surface area contributed by atoms with Gasteiger partial charge in [0.1, 0.15) is 12.4 Å². The summed E-state index contributed by atoms with van der Waals surface area (Å²) in [5.74, 6) is 0.703. The van der Waals surface area contributed by atoms with Crippen LogP contribution in [-0.4, -0.2) is 43.1 Å². The van der Waals surface area contributed by atoms with Crippen molar-refractivity contribution in [3.05, 3.63) is 67.3 Å². The van der Waals surface area contributed by atoms with E-state index in [1.54, 1.807) is 6.08 Å². The summed E-state index contributed by atoms with van der Waals surface area (Å²) in [7, 11) is 0. The molecular formula is C19H24N2O2. The number of benzene rings is 1. The predicted molar refractivity (Wildman–Crippen MR) is 93.9 cm³/mol. The first-order valence-corrected chi connectivity index (χ1v) is 7.80. The van der Waals surface area contributed by atoms with E-state index < -0.39 is 0 Å². The Hall–Kier alpha value is -2.33. The van der Waals surface area contributed by atoms with E-state index in [1.807, 2.05) is 30.4 Å². The average molecular weight is 312 g/mol. The number of carbonyl (C=O) groups excluding carboxylic acids is 1. The van der Waals surface area contributed by atoms with E-state index in [-0.39, 0.29) is 11.9 Å². The van der Waals surface area contributed by atoms with Crippen LogP contribution in [0.4, 0.5) is 0 Å². The molecular weight excluding hydrogens is 288 g/mol. The van der Waals surface area contributed by atoms with Crippen molar-refractivity contribution in [3.8, 4) is 5.75 Å². The fourth-order valence-electron chi connectivity index (χ4n) is 2.80. The molecule has 1 atom stereocenters. The van der Waals surface area contributed by atoms with Gasteiger partial charge in [0, 0.05) is 36.8 Å². The Balaban J connectivity index is 2.23. The molecule has 0 saturated heterocycles. The second kappa shape index (κ2) is 8.34. The first kappa shape index (κ1) is 17.0. The van der Waals surface area contributed by atoms with Crippen molar-refractivity contribution in [2.24, 2.45) is 0 Å². The Morgan fingerprint density at radius 1 is 1.26 bits per heavy atom. The van der Waals surface area contributed by atoms with Crippen molar-refractivity contribution >= 4 is 5.91 Å². The van der Waals surface area contributed by atoms with Gasteiger partial charge in [0.25, 0.3) is 5.91 Å². The maximum Gasteiger partial charge on any atom is 0.251 e. The van der Waals surface area contributed by atoms with Gasteiger partial charge in [-0.3, -0.25) is 9.69 Å². The fourth-order valence-corrected chi connectivity index (χ4v) is 2.80. The van der Waals surface area contributed by atoms with Crippen LogP contribution in [0.25, 0.3) is 0 Å². The van der Waals surface area contributed by atoms with Crippen molar-refractivity contribution in [2.45, 2.75) is 12.5 Å². The van der Waals surface area contributed by atoms with E-state index in [1.165, 1.54) is 0 Å². The van der Waals surface area contributed by atoms with E-state index in [0.717, 1.165) is 30.8 Å². The second-order valence-electron chi connectivity index (χ2n) is 5.48. The summed E-state index contributed by atoms with van der Waals surface area (Å²) in [5.41, 5.74) is 1.63. The summed E-state index contributed by atoms with van der Waals surface area (Å²) in [6, 6.07) is 5.81. The van der Waals surface area contributed by atoms with Crippen LogP contribution in [0.5, 0.6) is 5.75 Å². The smallest absolute Gasteiger partial charge is 0.251 e. The number of hydrogen-bond donors (Lipinski definition) is 1. The van der Waals surface area contributed by atoms with Crippen LogP contribution in [0.1, 0.15) is 15.9 Å². The third-order valence-electron chi connectivity index (χ3n) is 3.90. The number of amides is 1. The average Bonchev–Trinajstić information content (AvgIpc) is 2.58. The lowest BCUT2D eigenvalue weighted by molar-refractivity contribution is 0.0951. The standard InChI is InChI=1S/C19H24N2O2/c1-4-10-20-19(22)16-8-7-9-18-17(16)13-15(14-23-18)21(11-5-2)12-6-3/h4-9,15H,1-3,10-14H2,(H,20,22). The van der Waals surface area contributed by atoms with Crippen molar-refractivity contribution in [1.82, 2.24) is 10.2 Å². The Labute approximate surface area is 138 Å². The SMILES string of the molecule is C=CCNC(=O)c1cccc2c1CC(N(CC=C)CC=C)CO2. The van der Waals surface area contributed by atoms with E-state index in [4.69, 9.17) is 4.74 Å². The number of rotatable bonds is 8. The van der Waals surface area contributed by atoms with Crippen molar-refractivity contribution in [3.63, 3.8) is 0 Å². The molecule has 1 aromatic carbocycles. The van der Waals surface area contributed by atoms with Crippen LogP contribution >= 0.6 is 0 Å². The van der Waals surface area contributed by atoms with Gasteiger partial charge < -0.3 is 10.1 Å². The Morgan fingerprint density at radius 2 is 2.00 bits per heavy atom. The van der Waals surface area contributed by atoms with Gasteiger partial charge in [-0.2, -0.15) is 0 Å². The van der Waals surface area contributed by atoms with Gasteiger partial charge in [-0.25, -0.2) is 0 Å². The zero-order chi connectivity index (χ0) is 16.7. The molecule has 23 heavy (non-hydrogen) atoms. The van der Waals surface area contributed by atoms with Gasteiger partial charge in [-0.15, -0.1) is 19.7 Å². The van der Waals surface area contributed by atoms with E-state index >= 15 is 0 Å². The second-order valence-corrected chi connectivity index (χ2v) is 5.48. The lowest BCUT2D eigenvalue weighted by atomic mass is 9.95. The van der Waals surface area contributed by atoms with E-state index in [2.05, 4.69) is 30.0 Å². The molecule has 1 aliphatic rings. The number of fused-ring (bicyclic) bond motifs is 1. The largest absolute Gasteiger partial charge is 0.492 e. The van der Waals surface area contributed by atoms with Crippen LogP contribution in [0.3, 0.4) is 0 Å². The molecule has 0 aliphatic carbocycles. The summed E-state index contributed by atoms with van der Waals surface area (Å²) in [4.78, 5) is 14.6. The van der Waals surface area contributed by atoms with E-state index in [0.29, 0.717) is 18.7 Å². The zero-order valence-corrected chi connectivity index (χ0v) is 13.5. The van der Waals surface area contributed by atoms with Crippen molar-refractivity contribution in [2.75, 3.05) is 26.2 Å². The third-order valence-corrected chi connectivity index (χ3v) is 3.90. The summed E-state index contributed by atoms with van der Waals surface area (Å²) in [6.07, 6.45) is 6.20. The summed E-state index contributed by atoms with van der Waals surface area (Å²) >= 11 is 0. The highest BCUT2D eigenvalue weighted by molar-refractivity contribution is 5.96. The molecule has 1 unspecified atom stereocenters. The molecule has 0 spiro atoms. The quantitative estimate of drug-likeness (QED) is 0.750. The van der Waals surface area contributed by atoms with Gasteiger partial charge in [0.2, 0.25) is 0 Å². The normalized spacial score (nSPS) is 16.1. The fraction of sp³-hybridized carbons (Fsp3) is 0.316. The summed E-state index contributed by atoms with van der Waals surface area (Å²) < 4.78 is 5.89. The Kier molecular flexibility index (Phi) is 6.18. The molecule has 1 heterocycles. The van der Waals surface area contributed by atoms with Crippen molar-refractivity contribution < 1.29 is 9.53 Å². The highest BCUT2D eigenvalue weighted by Gasteiger charge is 2.27. The predicted octanol–water partition coefficient (Wildman–Crippen LogP) is 2.58. The summed E-state index contributed by atoms with van der Waals surface area (Å²) in [5, 5.41) is 2.83. The van der Waals surface area contributed by atoms with Crippen molar-refractivity contribution in [1.29, 1.82) is 0 Å². The lowest BCUT2D eigenvalue weighted by Crippen LogP contribution is -2.44. The molecule has 0 fully saturated rings. The van der Waals surface area contributed by atoms with Gasteiger partial charge in [-0.1, -0.05) is 24.3 Å². The topological polar surface area (TPSA) is 41.6 Å².